The summed E-state index contributed by atoms with van der Waals surface area (Å²) in [7, 11) is 0. The minimum Gasteiger partial charge on any atom is -0.505 e. The highest BCUT2D eigenvalue weighted by Crippen LogP contribution is 2.46. The smallest absolute Gasteiger partial charge is 0.147 e. The molecule has 0 aliphatic carbocycles. The summed E-state index contributed by atoms with van der Waals surface area (Å²) in [6.45, 7) is 17.7. The van der Waals surface area contributed by atoms with Crippen LogP contribution in [0.1, 0.15) is 46.7 Å². The highest BCUT2D eigenvalue weighted by Gasteiger charge is 2.22. The maximum Gasteiger partial charge on any atom is 0.147 e. The van der Waals surface area contributed by atoms with Crippen molar-refractivity contribution in [2.24, 2.45) is 0 Å². The van der Waals surface area contributed by atoms with Crippen LogP contribution in [0.15, 0.2) is 140 Å². The quantitative estimate of drug-likeness (QED) is 0.0801. The number of nitrogens with zero attached hydrogens (tertiary/aromatic N) is 2. The number of aromatic hydroxyl groups is 2. The fraction of sp³-hybridized carbons (Fsp3) is 0.208. The molecule has 6 nitrogen and oxygen atoms in total. The van der Waals surface area contributed by atoms with Gasteiger partial charge in [0.05, 0.1) is 30.1 Å². The number of rotatable bonds is 15. The molecule has 0 aliphatic heterocycles. The van der Waals surface area contributed by atoms with E-state index in [0.29, 0.717) is 49.7 Å². The summed E-state index contributed by atoms with van der Waals surface area (Å²) in [6.07, 6.45) is 9.45. The number of benzene rings is 6. The van der Waals surface area contributed by atoms with Gasteiger partial charge in [-0.25, -0.2) is 0 Å². The zero-order valence-electron chi connectivity index (χ0n) is 35.0. The van der Waals surface area contributed by atoms with Gasteiger partial charge in [-0.3, -0.25) is 0 Å². The van der Waals surface area contributed by atoms with Crippen molar-refractivity contribution in [2.45, 2.75) is 54.4 Å². The summed E-state index contributed by atoms with van der Waals surface area (Å²) < 4.78 is 15.0. The summed E-state index contributed by atoms with van der Waals surface area (Å²) in [5.74, 6) is 1.79. The van der Waals surface area contributed by atoms with Gasteiger partial charge in [0.1, 0.15) is 23.0 Å². The fourth-order valence-corrected chi connectivity index (χ4v) is 7.89. The van der Waals surface area contributed by atoms with Crippen molar-refractivity contribution in [1.29, 1.82) is 0 Å². The van der Waals surface area contributed by atoms with Crippen LogP contribution < -0.4 is 14.4 Å². The molecule has 0 spiro atoms. The predicted octanol–water partition coefficient (Wildman–Crippen LogP) is 13.2. The number of aryl methyl sites for hydroxylation is 5. The lowest BCUT2D eigenvalue weighted by Crippen LogP contribution is -2.19. The number of fused-ring (bicyclic) bond motifs is 1. The third-order valence-corrected chi connectivity index (χ3v) is 10.8. The number of ether oxygens (including phenoxy) is 2. The number of phenols is 2. The van der Waals surface area contributed by atoms with Gasteiger partial charge in [0, 0.05) is 52.5 Å². The third kappa shape index (κ3) is 8.63. The average molecular weight is 783 g/mol. The molecule has 7 aromatic rings. The van der Waals surface area contributed by atoms with Gasteiger partial charge in [-0.1, -0.05) is 77.9 Å². The molecule has 0 radical (unpaired) electrons. The Morgan fingerprint density at radius 1 is 0.644 bits per heavy atom. The minimum atomic E-state index is 0.196. The van der Waals surface area contributed by atoms with E-state index in [0.717, 1.165) is 78.0 Å². The molecule has 2 N–H and O–H groups in total. The van der Waals surface area contributed by atoms with Crippen molar-refractivity contribution >= 4 is 22.3 Å². The summed E-state index contributed by atoms with van der Waals surface area (Å²) in [5, 5.41) is 25.1. The van der Waals surface area contributed by atoms with E-state index in [-0.39, 0.29) is 11.5 Å². The van der Waals surface area contributed by atoms with Gasteiger partial charge >= 0.3 is 0 Å². The Labute approximate surface area is 348 Å². The first-order valence-electron chi connectivity index (χ1n) is 20.4. The fourth-order valence-electron chi connectivity index (χ4n) is 7.89. The van der Waals surface area contributed by atoms with Crippen LogP contribution in [0.4, 0.5) is 11.4 Å². The van der Waals surface area contributed by atoms with Crippen LogP contribution in [0.25, 0.3) is 38.8 Å². The number of phenolic OH excluding ortho intramolecular Hbond substituents is 2. The number of para-hydroxylation sites is 2. The molecule has 6 aromatic carbocycles. The van der Waals surface area contributed by atoms with Crippen molar-refractivity contribution in [3.05, 3.63) is 174 Å². The van der Waals surface area contributed by atoms with Crippen LogP contribution in [0, 0.1) is 34.6 Å². The molecule has 0 amide bonds. The summed E-state index contributed by atoms with van der Waals surface area (Å²) >= 11 is 0. The van der Waals surface area contributed by atoms with Crippen molar-refractivity contribution in [1.82, 2.24) is 4.57 Å². The van der Waals surface area contributed by atoms with Crippen LogP contribution in [0.5, 0.6) is 23.0 Å². The second-order valence-corrected chi connectivity index (χ2v) is 15.4. The van der Waals surface area contributed by atoms with E-state index in [4.69, 9.17) is 9.47 Å². The molecular weight excluding hydrogens is 729 g/mol. The number of anilines is 2. The highest BCUT2D eigenvalue weighted by molar-refractivity contribution is 5.88. The summed E-state index contributed by atoms with van der Waals surface area (Å²) in [4.78, 5) is 2.17. The van der Waals surface area contributed by atoms with E-state index in [1.807, 2.05) is 98.8 Å². The molecule has 59 heavy (non-hydrogen) atoms. The molecule has 0 atom stereocenters. The molecule has 0 bridgehead atoms. The molecule has 6 heteroatoms. The largest absolute Gasteiger partial charge is 0.505 e. The first-order chi connectivity index (χ1) is 28.6. The van der Waals surface area contributed by atoms with Crippen LogP contribution in [-0.4, -0.2) is 34.5 Å². The SMILES string of the molecule is C=CCc1ccccc1N(C/C=C\C)c1cc(C)cc(-c2cc(C)ccc2OCCCOc2ccc(C)cc2-c2cc(C)cc(-n3cc(C)c4ccccc43)c2O)c1O. The first kappa shape index (κ1) is 40.5. The van der Waals surface area contributed by atoms with E-state index in [1.165, 1.54) is 0 Å². The van der Waals surface area contributed by atoms with Gasteiger partial charge in [-0.05, 0) is 131 Å². The monoisotopic (exact) mass is 782 g/mol. The van der Waals surface area contributed by atoms with Crippen LogP contribution >= 0.6 is 0 Å². The van der Waals surface area contributed by atoms with Crippen molar-refractivity contribution < 1.29 is 19.7 Å². The lowest BCUT2D eigenvalue weighted by atomic mass is 9.97. The van der Waals surface area contributed by atoms with Crippen LogP contribution in [0.3, 0.4) is 0 Å². The van der Waals surface area contributed by atoms with E-state index < -0.39 is 0 Å². The lowest BCUT2D eigenvalue weighted by molar-refractivity contribution is 0.248. The maximum absolute atomic E-state index is 12.1. The Hall–Kier alpha value is -6.66. The van der Waals surface area contributed by atoms with Crippen LogP contribution in [-0.2, 0) is 6.42 Å². The Morgan fingerprint density at radius 2 is 1.24 bits per heavy atom. The van der Waals surface area contributed by atoms with Gasteiger partial charge in [-0.15, -0.1) is 6.58 Å². The zero-order chi connectivity index (χ0) is 41.6. The minimum absolute atomic E-state index is 0.196. The molecular formula is C53H54N2O4. The topological polar surface area (TPSA) is 67.1 Å². The number of aromatic nitrogens is 1. The molecule has 7 rings (SSSR count). The Morgan fingerprint density at radius 3 is 1.90 bits per heavy atom. The van der Waals surface area contributed by atoms with E-state index in [1.54, 1.807) is 0 Å². The molecule has 0 saturated carbocycles. The molecule has 0 unspecified atom stereocenters. The standard InChI is InChI=1S/C53H54N2O4/c1-8-10-25-54(46-19-13-11-17-40(46)16-9-2)48-32-37(5)30-44(52(48)56)42-28-35(3)21-23-50(42)58-26-15-27-59-51-24-22-36(4)29-43(51)45-31-38(6)33-49(53(45)57)55-34-39(7)41-18-12-14-20-47(41)55/h8-14,17-24,28-34,56-57H,2,15-16,25-27H2,1,3-7H3/b10-8-. The second-order valence-electron chi connectivity index (χ2n) is 15.4. The van der Waals surface area contributed by atoms with Gasteiger partial charge in [0.15, 0.2) is 0 Å². The third-order valence-electron chi connectivity index (χ3n) is 10.8. The Bertz CT molecular complexity index is 2670. The van der Waals surface area contributed by atoms with Crippen molar-refractivity contribution in [3.63, 3.8) is 0 Å². The van der Waals surface area contributed by atoms with Crippen LogP contribution in [0.2, 0.25) is 0 Å². The van der Waals surface area contributed by atoms with E-state index >= 15 is 0 Å². The van der Waals surface area contributed by atoms with Gasteiger partial charge < -0.3 is 29.2 Å². The second kappa shape index (κ2) is 17.9. The maximum atomic E-state index is 12.1. The number of allylic oxidation sites excluding steroid dienone is 2. The van der Waals surface area contributed by atoms with Crippen molar-refractivity contribution in [3.8, 4) is 50.9 Å². The zero-order valence-corrected chi connectivity index (χ0v) is 35.0. The molecule has 0 fully saturated rings. The highest BCUT2D eigenvalue weighted by atomic mass is 16.5. The lowest BCUT2D eigenvalue weighted by Gasteiger charge is -2.28. The van der Waals surface area contributed by atoms with Gasteiger partial charge in [0.25, 0.3) is 0 Å². The number of hydrogen-bond donors (Lipinski definition) is 2. The van der Waals surface area contributed by atoms with Gasteiger partial charge in [-0.2, -0.15) is 0 Å². The summed E-state index contributed by atoms with van der Waals surface area (Å²) in [5.41, 5.74) is 13.1. The van der Waals surface area contributed by atoms with Gasteiger partial charge in [0.2, 0.25) is 0 Å². The molecule has 0 saturated heterocycles. The van der Waals surface area contributed by atoms with Crippen molar-refractivity contribution in [2.75, 3.05) is 24.7 Å². The molecule has 1 heterocycles. The van der Waals surface area contributed by atoms with E-state index in [2.05, 4.69) is 92.4 Å². The first-order valence-corrected chi connectivity index (χ1v) is 20.4. The normalized spacial score (nSPS) is 11.4. The molecule has 1 aromatic heterocycles. The molecule has 300 valence electrons. The van der Waals surface area contributed by atoms with E-state index in [9.17, 15) is 10.2 Å². The summed E-state index contributed by atoms with van der Waals surface area (Å²) in [6, 6.07) is 36.8. The Balaban J connectivity index is 1.12. The Kier molecular flexibility index (Phi) is 12.3. The molecule has 0 aliphatic rings. The number of hydrogen-bond acceptors (Lipinski definition) is 5. The predicted molar refractivity (Wildman–Crippen MR) is 245 cm³/mol. The average Bonchev–Trinajstić information content (AvgIpc) is 3.56.